The molecule has 2 unspecified atom stereocenters. The molecule has 0 spiro atoms. The van der Waals surface area contributed by atoms with Crippen molar-refractivity contribution in [2.45, 2.75) is 73.3 Å². The zero-order valence-electron chi connectivity index (χ0n) is 17.9. The fourth-order valence-corrected chi connectivity index (χ4v) is 4.44. The van der Waals surface area contributed by atoms with E-state index in [1.807, 2.05) is 18.2 Å². The molecule has 0 saturated heterocycles. The molecular formula is C24H36N2S. The van der Waals surface area contributed by atoms with Crippen LogP contribution in [-0.4, -0.2) is 18.8 Å². The molecule has 1 aliphatic rings. The molecule has 0 aromatic heterocycles. The Balaban J connectivity index is 1.87. The van der Waals surface area contributed by atoms with Crippen LogP contribution in [0.5, 0.6) is 0 Å². The molecule has 1 aromatic carbocycles. The number of rotatable bonds is 9. The lowest BCUT2D eigenvalue weighted by Crippen LogP contribution is -2.21. The van der Waals surface area contributed by atoms with Gasteiger partial charge in [-0.15, -0.1) is 0 Å². The number of hydrogen-bond acceptors (Lipinski definition) is 3. The van der Waals surface area contributed by atoms with Gasteiger partial charge in [0.15, 0.2) is 0 Å². The zero-order chi connectivity index (χ0) is 19.8. The van der Waals surface area contributed by atoms with Gasteiger partial charge in [0.1, 0.15) is 0 Å². The lowest BCUT2D eigenvalue weighted by atomic mass is 9.93. The maximum atomic E-state index is 4.51. The SMILES string of the molecule is CCCN=Cc1cc(CCC(C)NSC2=C(C)CC(C)C=C2C)ccc1C. The summed E-state index contributed by atoms with van der Waals surface area (Å²) in [6.07, 6.45) is 8.94. The van der Waals surface area contributed by atoms with Crippen molar-refractivity contribution in [3.8, 4) is 0 Å². The molecule has 1 aliphatic carbocycles. The van der Waals surface area contributed by atoms with Gasteiger partial charge in [-0.05, 0) is 99.6 Å². The van der Waals surface area contributed by atoms with Gasteiger partial charge in [-0.1, -0.05) is 37.6 Å². The van der Waals surface area contributed by atoms with Crippen LogP contribution in [0.3, 0.4) is 0 Å². The fraction of sp³-hybridized carbons (Fsp3) is 0.542. The van der Waals surface area contributed by atoms with Crippen molar-refractivity contribution in [2.75, 3.05) is 6.54 Å². The van der Waals surface area contributed by atoms with E-state index in [0.29, 0.717) is 12.0 Å². The van der Waals surface area contributed by atoms with E-state index in [0.717, 1.165) is 25.8 Å². The molecule has 0 heterocycles. The Morgan fingerprint density at radius 3 is 2.78 bits per heavy atom. The van der Waals surface area contributed by atoms with Gasteiger partial charge >= 0.3 is 0 Å². The first-order chi connectivity index (χ1) is 12.9. The molecule has 0 amide bonds. The van der Waals surface area contributed by atoms with E-state index in [1.54, 1.807) is 0 Å². The molecule has 0 radical (unpaired) electrons. The summed E-state index contributed by atoms with van der Waals surface area (Å²) in [6.45, 7) is 14.3. The van der Waals surface area contributed by atoms with E-state index < -0.39 is 0 Å². The third kappa shape index (κ3) is 6.97. The number of nitrogens with zero attached hydrogens (tertiary/aromatic N) is 1. The van der Waals surface area contributed by atoms with Crippen molar-refractivity contribution >= 4 is 18.2 Å². The maximum Gasteiger partial charge on any atom is 0.0386 e. The van der Waals surface area contributed by atoms with Crippen LogP contribution in [0.1, 0.15) is 70.6 Å². The van der Waals surface area contributed by atoms with Crippen molar-refractivity contribution in [3.05, 3.63) is 57.0 Å². The van der Waals surface area contributed by atoms with E-state index in [-0.39, 0.29) is 0 Å². The third-order valence-corrected chi connectivity index (χ3v) is 6.46. The summed E-state index contributed by atoms with van der Waals surface area (Å²) in [4.78, 5) is 5.94. The highest BCUT2D eigenvalue weighted by Gasteiger charge is 2.16. The Hall–Kier alpha value is -1.32. The largest absolute Gasteiger partial charge is 0.293 e. The van der Waals surface area contributed by atoms with Crippen LogP contribution < -0.4 is 4.72 Å². The van der Waals surface area contributed by atoms with Crippen molar-refractivity contribution in [3.63, 3.8) is 0 Å². The van der Waals surface area contributed by atoms with Crippen LogP contribution in [0, 0.1) is 12.8 Å². The van der Waals surface area contributed by atoms with Crippen molar-refractivity contribution in [2.24, 2.45) is 10.9 Å². The molecule has 27 heavy (non-hydrogen) atoms. The Morgan fingerprint density at radius 2 is 2.07 bits per heavy atom. The number of nitrogens with one attached hydrogen (secondary N) is 1. The molecule has 2 nitrogen and oxygen atoms in total. The summed E-state index contributed by atoms with van der Waals surface area (Å²) in [5.41, 5.74) is 6.90. The zero-order valence-corrected chi connectivity index (χ0v) is 18.7. The number of hydrogen-bond donors (Lipinski definition) is 1. The maximum absolute atomic E-state index is 4.51. The molecular weight excluding hydrogens is 348 g/mol. The summed E-state index contributed by atoms with van der Waals surface area (Å²) in [5, 5.41) is 0. The Kier molecular flexibility index (Phi) is 8.85. The van der Waals surface area contributed by atoms with Crippen molar-refractivity contribution in [1.29, 1.82) is 0 Å². The highest BCUT2D eigenvalue weighted by molar-refractivity contribution is 8.01. The van der Waals surface area contributed by atoms with Crippen molar-refractivity contribution < 1.29 is 0 Å². The Labute approximate surface area is 170 Å². The quantitative estimate of drug-likeness (QED) is 0.381. The van der Waals surface area contributed by atoms with Crippen LogP contribution in [0.2, 0.25) is 0 Å². The molecule has 1 N–H and O–H groups in total. The van der Waals surface area contributed by atoms with Crippen LogP contribution in [0.4, 0.5) is 0 Å². The lowest BCUT2D eigenvalue weighted by molar-refractivity contribution is 0.629. The second kappa shape index (κ2) is 10.9. The van der Waals surface area contributed by atoms with Gasteiger partial charge in [0.25, 0.3) is 0 Å². The monoisotopic (exact) mass is 384 g/mol. The average molecular weight is 385 g/mol. The highest BCUT2D eigenvalue weighted by Crippen LogP contribution is 2.34. The minimum atomic E-state index is 0.473. The van der Waals surface area contributed by atoms with Gasteiger partial charge in [0.2, 0.25) is 0 Å². The number of benzene rings is 1. The molecule has 0 fully saturated rings. The minimum absolute atomic E-state index is 0.473. The van der Waals surface area contributed by atoms with E-state index in [4.69, 9.17) is 0 Å². The van der Waals surface area contributed by atoms with Gasteiger partial charge in [0.05, 0.1) is 0 Å². The normalized spacial score (nSPS) is 18.9. The Bertz CT molecular complexity index is 715. The molecule has 1 aromatic rings. The first-order valence-corrected chi connectivity index (χ1v) is 11.1. The molecule has 0 bridgehead atoms. The van der Waals surface area contributed by atoms with E-state index in [2.05, 4.69) is 75.5 Å². The highest BCUT2D eigenvalue weighted by atomic mass is 32.2. The second-order valence-electron chi connectivity index (χ2n) is 8.03. The topological polar surface area (TPSA) is 24.4 Å². The van der Waals surface area contributed by atoms with Gasteiger partial charge in [-0.2, -0.15) is 0 Å². The van der Waals surface area contributed by atoms with Crippen LogP contribution in [0.25, 0.3) is 0 Å². The van der Waals surface area contributed by atoms with Gasteiger partial charge in [0, 0.05) is 23.7 Å². The molecule has 148 valence electrons. The summed E-state index contributed by atoms with van der Waals surface area (Å²) < 4.78 is 3.66. The third-order valence-electron chi connectivity index (χ3n) is 5.06. The average Bonchev–Trinajstić information content (AvgIpc) is 2.61. The van der Waals surface area contributed by atoms with Gasteiger partial charge < -0.3 is 0 Å². The van der Waals surface area contributed by atoms with Crippen LogP contribution in [-0.2, 0) is 6.42 Å². The smallest absolute Gasteiger partial charge is 0.0386 e. The number of aryl methyl sites for hydroxylation is 2. The first kappa shape index (κ1) is 22.0. The molecule has 3 heteroatoms. The van der Waals surface area contributed by atoms with Gasteiger partial charge in [-0.3, -0.25) is 9.71 Å². The summed E-state index contributed by atoms with van der Waals surface area (Å²) in [5.74, 6) is 0.670. The predicted molar refractivity (Wildman–Crippen MR) is 123 cm³/mol. The summed E-state index contributed by atoms with van der Waals surface area (Å²) >= 11 is 1.82. The molecule has 0 aliphatic heterocycles. The van der Waals surface area contributed by atoms with Gasteiger partial charge in [-0.25, -0.2) is 0 Å². The van der Waals surface area contributed by atoms with Crippen LogP contribution >= 0.6 is 11.9 Å². The number of aliphatic imine (C=N–C) groups is 1. The Morgan fingerprint density at radius 1 is 1.30 bits per heavy atom. The lowest BCUT2D eigenvalue weighted by Gasteiger charge is -2.22. The summed E-state index contributed by atoms with van der Waals surface area (Å²) in [6, 6.07) is 7.26. The molecule has 0 saturated carbocycles. The molecule has 2 atom stereocenters. The second-order valence-corrected chi connectivity index (χ2v) is 8.87. The van der Waals surface area contributed by atoms with E-state index >= 15 is 0 Å². The van der Waals surface area contributed by atoms with Crippen molar-refractivity contribution in [1.82, 2.24) is 4.72 Å². The van der Waals surface area contributed by atoms with E-state index in [1.165, 1.54) is 39.2 Å². The first-order valence-electron chi connectivity index (χ1n) is 10.3. The van der Waals surface area contributed by atoms with E-state index in [9.17, 15) is 0 Å². The minimum Gasteiger partial charge on any atom is -0.293 e. The predicted octanol–water partition coefficient (Wildman–Crippen LogP) is 6.64. The summed E-state index contributed by atoms with van der Waals surface area (Å²) in [7, 11) is 0. The standard InChI is InChI=1S/C24H36N2S/c1-7-12-25-16-23-15-22(10-8-18(23)3)11-9-21(6)26-27-24-19(4)13-17(2)14-20(24)5/h8,10,13,15-17,21,26H,7,9,11-12,14H2,1-6H3. The van der Waals surface area contributed by atoms with Crippen LogP contribution in [0.15, 0.2) is 45.3 Å². The number of allylic oxidation sites excluding steroid dienone is 3. The molecule has 2 rings (SSSR count). The fourth-order valence-electron chi connectivity index (χ4n) is 3.52.